The summed E-state index contributed by atoms with van der Waals surface area (Å²) in [4.78, 5) is 28.5. The van der Waals surface area contributed by atoms with Crippen LogP contribution in [0.1, 0.15) is 40.2 Å². The van der Waals surface area contributed by atoms with Gasteiger partial charge in [0.2, 0.25) is 0 Å². The molecule has 0 aliphatic heterocycles. The largest absolute Gasteiger partial charge is 0.478 e. The highest BCUT2D eigenvalue weighted by Gasteiger charge is 2.20. The highest BCUT2D eigenvalue weighted by atomic mass is 19.1. The number of hydrogen-bond donors (Lipinski definition) is 2. The van der Waals surface area contributed by atoms with Gasteiger partial charge in [0.15, 0.2) is 11.2 Å². The van der Waals surface area contributed by atoms with E-state index in [-0.39, 0.29) is 16.9 Å². The Morgan fingerprint density at radius 3 is 2.75 bits per heavy atom. The van der Waals surface area contributed by atoms with Gasteiger partial charge in [-0.15, -0.1) is 6.42 Å². The normalized spacial score (nSPS) is 12.7. The summed E-state index contributed by atoms with van der Waals surface area (Å²) >= 11 is 0. The van der Waals surface area contributed by atoms with Gasteiger partial charge in [-0.2, -0.15) is 0 Å². The summed E-state index contributed by atoms with van der Waals surface area (Å²) in [6, 6.07) is 8.36. The quantitative estimate of drug-likeness (QED) is 0.434. The molecule has 1 heterocycles. The number of fused-ring (bicyclic) bond motifs is 1. The third-order valence-electron chi connectivity index (χ3n) is 4.90. The first-order chi connectivity index (χ1) is 15.3. The number of nitrogens with zero attached hydrogens (tertiary/aromatic N) is 1. The fraction of sp³-hybridized carbons (Fsp3) is 0.160. The van der Waals surface area contributed by atoms with Crippen molar-refractivity contribution in [3.05, 3.63) is 87.0 Å². The maximum absolute atomic E-state index is 14.1. The smallest absolute Gasteiger partial charge is 0.340 e. The molecule has 0 fully saturated rings. The van der Waals surface area contributed by atoms with Crippen LogP contribution in [0.25, 0.3) is 11.0 Å². The minimum absolute atomic E-state index is 0.117. The first-order valence-corrected chi connectivity index (χ1v) is 9.73. The summed E-state index contributed by atoms with van der Waals surface area (Å²) in [5, 5.41) is 12.8. The van der Waals surface area contributed by atoms with Gasteiger partial charge in [0.05, 0.1) is 17.1 Å². The average molecular weight is 432 g/mol. The van der Waals surface area contributed by atoms with Gasteiger partial charge in [-0.05, 0) is 49.8 Å². The Kier molecular flexibility index (Phi) is 6.55. The number of rotatable bonds is 6. The number of nitrogens with one attached hydrogen (secondary N) is 1. The van der Waals surface area contributed by atoms with Crippen molar-refractivity contribution in [3.8, 4) is 12.3 Å². The Morgan fingerprint density at radius 2 is 2.09 bits per heavy atom. The van der Waals surface area contributed by atoms with E-state index in [0.29, 0.717) is 22.2 Å². The molecule has 2 N–H and O–H groups in total. The van der Waals surface area contributed by atoms with Gasteiger partial charge < -0.3 is 14.8 Å². The topological polar surface area (TPSA) is 91.9 Å². The minimum atomic E-state index is -1.38. The molecule has 6 nitrogen and oxygen atoms in total. The van der Waals surface area contributed by atoms with E-state index >= 15 is 0 Å². The van der Waals surface area contributed by atoms with Gasteiger partial charge >= 0.3 is 5.97 Å². The number of hydrogen-bond acceptors (Lipinski definition) is 5. The summed E-state index contributed by atoms with van der Waals surface area (Å²) in [5.41, 5.74) is 1.54. The van der Waals surface area contributed by atoms with Gasteiger partial charge in [0.1, 0.15) is 22.7 Å². The highest BCUT2D eigenvalue weighted by Crippen LogP contribution is 2.30. The van der Waals surface area contributed by atoms with Crippen molar-refractivity contribution in [1.82, 2.24) is 0 Å². The standard InChI is InChI=1S/C25H21FN2O4/c1-5-6-9-19(27-4)22-13-21(29)17-12-14(2)11-16(24(17)32-22)15(3)28-20-10-7-8-18(26)23(20)25(30)31/h1,6-13,15,28H,2-4H3,(H,30,31)/b9-6-,27-19+. The molecule has 1 aromatic heterocycles. The molecule has 0 spiro atoms. The Morgan fingerprint density at radius 1 is 1.34 bits per heavy atom. The fourth-order valence-electron chi connectivity index (χ4n) is 3.45. The van der Waals surface area contributed by atoms with Gasteiger partial charge in [-0.3, -0.25) is 9.79 Å². The van der Waals surface area contributed by atoms with Crippen LogP contribution in [0.15, 0.2) is 62.8 Å². The third kappa shape index (κ3) is 4.44. The summed E-state index contributed by atoms with van der Waals surface area (Å²) in [5.74, 6) is 0.379. The van der Waals surface area contributed by atoms with Crippen molar-refractivity contribution in [2.45, 2.75) is 19.9 Å². The number of aromatic carboxylic acids is 1. The lowest BCUT2D eigenvalue weighted by atomic mass is 10.00. The van der Waals surface area contributed by atoms with Crippen LogP contribution in [0.4, 0.5) is 10.1 Å². The molecule has 1 atom stereocenters. The first-order valence-electron chi connectivity index (χ1n) is 9.73. The van der Waals surface area contributed by atoms with Gasteiger partial charge in [0.25, 0.3) is 0 Å². The third-order valence-corrected chi connectivity index (χ3v) is 4.90. The summed E-state index contributed by atoms with van der Waals surface area (Å²) in [7, 11) is 1.55. The van der Waals surface area contributed by atoms with Crippen molar-refractivity contribution in [1.29, 1.82) is 0 Å². The van der Waals surface area contributed by atoms with Crippen LogP contribution in [-0.2, 0) is 0 Å². The number of anilines is 1. The zero-order valence-corrected chi connectivity index (χ0v) is 17.8. The second-order valence-corrected chi connectivity index (χ2v) is 7.15. The van der Waals surface area contributed by atoms with Crippen LogP contribution in [0.3, 0.4) is 0 Å². The lowest BCUT2D eigenvalue weighted by molar-refractivity contribution is 0.0693. The molecule has 0 aliphatic rings. The van der Waals surface area contributed by atoms with E-state index in [1.807, 2.05) is 13.0 Å². The number of benzene rings is 2. The van der Waals surface area contributed by atoms with Crippen molar-refractivity contribution in [2.24, 2.45) is 4.99 Å². The van der Waals surface area contributed by atoms with Gasteiger partial charge in [0, 0.05) is 18.7 Å². The van der Waals surface area contributed by atoms with Crippen LogP contribution in [0.2, 0.25) is 0 Å². The van der Waals surface area contributed by atoms with E-state index in [0.717, 1.165) is 11.6 Å². The number of terminal acetylenes is 1. The van der Waals surface area contributed by atoms with E-state index in [1.165, 1.54) is 24.3 Å². The van der Waals surface area contributed by atoms with E-state index in [9.17, 15) is 19.1 Å². The lowest BCUT2D eigenvalue weighted by Crippen LogP contribution is -2.14. The number of carboxylic acids is 1. The molecule has 7 heteroatoms. The molecule has 3 rings (SSSR count). The van der Waals surface area contributed by atoms with Crippen LogP contribution in [-0.4, -0.2) is 23.8 Å². The summed E-state index contributed by atoms with van der Waals surface area (Å²) < 4.78 is 20.2. The zero-order valence-electron chi connectivity index (χ0n) is 17.8. The van der Waals surface area contributed by atoms with Crippen LogP contribution in [0, 0.1) is 25.1 Å². The zero-order chi connectivity index (χ0) is 23.4. The Balaban J connectivity index is 2.17. The molecule has 1 unspecified atom stereocenters. The first kappa shape index (κ1) is 22.5. The molecule has 2 aromatic carbocycles. The molecule has 0 aliphatic carbocycles. The molecular weight excluding hydrogens is 411 g/mol. The predicted molar refractivity (Wildman–Crippen MR) is 123 cm³/mol. The second-order valence-electron chi connectivity index (χ2n) is 7.15. The molecule has 162 valence electrons. The number of allylic oxidation sites excluding steroid dienone is 2. The van der Waals surface area contributed by atoms with Gasteiger partial charge in [-0.1, -0.05) is 18.1 Å². The van der Waals surface area contributed by atoms with Crippen LogP contribution < -0.4 is 10.7 Å². The van der Waals surface area contributed by atoms with Crippen molar-refractivity contribution < 1.29 is 18.7 Å². The van der Waals surface area contributed by atoms with Crippen LogP contribution in [0.5, 0.6) is 0 Å². The Bertz CT molecular complexity index is 1360. The summed E-state index contributed by atoms with van der Waals surface area (Å²) in [6.45, 7) is 3.60. The van der Waals surface area contributed by atoms with Crippen molar-refractivity contribution >= 4 is 28.3 Å². The number of halogens is 1. The number of carbonyl (C=O) groups is 1. The van der Waals surface area contributed by atoms with E-state index in [1.54, 1.807) is 26.1 Å². The van der Waals surface area contributed by atoms with E-state index in [2.05, 4.69) is 16.2 Å². The Labute approximate surface area is 184 Å². The fourth-order valence-corrected chi connectivity index (χ4v) is 3.45. The average Bonchev–Trinajstić information content (AvgIpc) is 2.74. The molecular formula is C25H21FN2O4. The van der Waals surface area contributed by atoms with Crippen molar-refractivity contribution in [3.63, 3.8) is 0 Å². The highest BCUT2D eigenvalue weighted by molar-refractivity contribution is 6.07. The SMILES string of the molecule is C#C/C=C\C(=N/C)c1cc(=O)c2cc(C)cc(C(C)Nc3cccc(F)c3C(=O)O)c2o1. The molecule has 0 bridgehead atoms. The Hall–Kier alpha value is -4.18. The number of carboxylic acid groups (broad SMARTS) is 1. The molecule has 0 amide bonds. The molecule has 0 saturated carbocycles. The maximum Gasteiger partial charge on any atom is 0.340 e. The van der Waals surface area contributed by atoms with E-state index < -0.39 is 23.4 Å². The summed E-state index contributed by atoms with van der Waals surface area (Å²) in [6.07, 6.45) is 8.28. The number of aliphatic imine (C=N–C) groups is 1. The lowest BCUT2D eigenvalue weighted by Gasteiger charge is -2.19. The van der Waals surface area contributed by atoms with Crippen molar-refractivity contribution in [2.75, 3.05) is 12.4 Å². The number of aryl methyl sites for hydroxylation is 1. The maximum atomic E-state index is 14.1. The van der Waals surface area contributed by atoms with Gasteiger partial charge in [-0.25, -0.2) is 9.18 Å². The monoisotopic (exact) mass is 432 g/mol. The van der Waals surface area contributed by atoms with E-state index in [4.69, 9.17) is 10.8 Å². The molecule has 0 radical (unpaired) electrons. The van der Waals surface area contributed by atoms with Crippen LogP contribution >= 0.6 is 0 Å². The molecule has 0 saturated heterocycles. The molecule has 3 aromatic rings. The second kappa shape index (κ2) is 9.31. The molecule has 32 heavy (non-hydrogen) atoms. The minimum Gasteiger partial charge on any atom is -0.478 e. The predicted octanol–water partition coefficient (Wildman–Crippen LogP) is 4.72.